The third-order valence-electron chi connectivity index (χ3n) is 6.89. The number of amides is 2. The van der Waals surface area contributed by atoms with Gasteiger partial charge >= 0.3 is 6.09 Å². The number of aromatic nitrogens is 2. The second kappa shape index (κ2) is 12.9. The number of benzene rings is 2. The van der Waals surface area contributed by atoms with Gasteiger partial charge in [0, 0.05) is 18.3 Å². The molecule has 0 bridgehead atoms. The molecule has 4 atom stereocenters. The minimum Gasteiger partial charge on any atom is -0.444 e. The molecule has 1 heterocycles. The van der Waals surface area contributed by atoms with Gasteiger partial charge in [-0.15, -0.1) is 0 Å². The van der Waals surface area contributed by atoms with E-state index < -0.39 is 29.8 Å². The highest BCUT2D eigenvalue weighted by molar-refractivity contribution is 5.79. The average Bonchev–Trinajstić information content (AvgIpc) is 3.59. The number of alkyl carbamates (subject to hydrolysis) is 1. The lowest BCUT2D eigenvalue weighted by molar-refractivity contribution is -0.127. The molecule has 39 heavy (non-hydrogen) atoms. The van der Waals surface area contributed by atoms with Crippen LogP contribution >= 0.6 is 0 Å². The molecule has 1 fully saturated rings. The van der Waals surface area contributed by atoms with Crippen LogP contribution in [0.4, 0.5) is 4.79 Å². The monoisotopic (exact) mass is 532 g/mol. The molecule has 1 saturated carbocycles. The molecule has 2 amide bonds. The van der Waals surface area contributed by atoms with E-state index in [9.17, 15) is 14.7 Å². The molecule has 0 saturated heterocycles. The van der Waals surface area contributed by atoms with Crippen molar-refractivity contribution in [2.75, 3.05) is 0 Å². The quantitative estimate of drug-likeness (QED) is 0.269. The molecule has 0 aliphatic heterocycles. The van der Waals surface area contributed by atoms with Gasteiger partial charge in [0.15, 0.2) is 0 Å². The Kier molecular flexibility index (Phi) is 9.41. The second-order valence-corrected chi connectivity index (χ2v) is 11.4. The van der Waals surface area contributed by atoms with Crippen molar-refractivity contribution in [2.45, 2.75) is 76.7 Å². The van der Waals surface area contributed by atoms with Gasteiger partial charge in [0.05, 0.1) is 18.2 Å². The van der Waals surface area contributed by atoms with Crippen molar-refractivity contribution in [3.63, 3.8) is 0 Å². The van der Waals surface area contributed by atoms with Crippen LogP contribution < -0.4 is 10.6 Å². The van der Waals surface area contributed by atoms with Crippen LogP contribution in [0.15, 0.2) is 73.1 Å². The molecule has 0 radical (unpaired) electrons. The first kappa shape index (κ1) is 28.4. The Morgan fingerprint density at radius 1 is 1.00 bits per heavy atom. The maximum Gasteiger partial charge on any atom is 0.407 e. The van der Waals surface area contributed by atoms with Crippen LogP contribution in [0, 0.1) is 11.8 Å². The van der Waals surface area contributed by atoms with Crippen molar-refractivity contribution in [1.29, 1.82) is 0 Å². The number of H-pyrrole nitrogens is 1. The third-order valence-corrected chi connectivity index (χ3v) is 6.89. The van der Waals surface area contributed by atoms with Crippen molar-refractivity contribution >= 4 is 12.0 Å². The van der Waals surface area contributed by atoms with Gasteiger partial charge in [0.1, 0.15) is 11.4 Å². The largest absolute Gasteiger partial charge is 0.444 e. The molecule has 4 rings (SSSR count). The molecule has 208 valence electrons. The smallest absolute Gasteiger partial charge is 0.407 e. The molecule has 1 aromatic heterocycles. The number of aliphatic hydroxyl groups is 1. The number of hydrogen-bond donors (Lipinski definition) is 4. The normalized spacial score (nSPS) is 16.5. The highest BCUT2D eigenvalue weighted by Crippen LogP contribution is 2.40. The predicted molar refractivity (Wildman–Crippen MR) is 150 cm³/mol. The number of hydrogen-bond acceptors (Lipinski definition) is 5. The standard InChI is InChI=1S/C31H40N4O4/c1-31(2,3)39-30(38)34-25(19-22-12-8-5-9-13-22)26(36)20-24(18-21-10-6-4-7-11-21)29(37)35-27(23-14-15-23)28-32-16-17-33-28/h4-13,16-17,23-27,36H,14-15,18-20H2,1-3H3,(H,32,33)(H,34,38)(H,35,37)/t24-,25+,26+,27?/m1/s1. The van der Waals surface area contributed by atoms with Gasteiger partial charge in [-0.1, -0.05) is 60.7 Å². The number of ether oxygens (including phenoxy) is 1. The summed E-state index contributed by atoms with van der Waals surface area (Å²) in [5, 5.41) is 17.6. The van der Waals surface area contributed by atoms with Crippen LogP contribution in [0.2, 0.25) is 0 Å². The van der Waals surface area contributed by atoms with Crippen molar-refractivity contribution in [3.05, 3.63) is 90.0 Å². The van der Waals surface area contributed by atoms with Crippen LogP contribution in [0.25, 0.3) is 0 Å². The van der Waals surface area contributed by atoms with Crippen LogP contribution in [0.5, 0.6) is 0 Å². The number of carbonyl (C=O) groups is 2. The SMILES string of the molecule is CC(C)(C)OC(=O)N[C@@H](Cc1ccccc1)[C@@H](O)C[C@@H](Cc1ccccc1)C(=O)NC(c1ncc[nH]1)C1CC1. The highest BCUT2D eigenvalue weighted by Gasteiger charge is 2.37. The van der Waals surface area contributed by atoms with Crippen molar-refractivity contribution in [3.8, 4) is 0 Å². The summed E-state index contributed by atoms with van der Waals surface area (Å²) < 4.78 is 5.48. The molecule has 2 aromatic carbocycles. The van der Waals surface area contributed by atoms with Gasteiger partial charge in [-0.2, -0.15) is 0 Å². The Bertz CT molecular complexity index is 1170. The van der Waals surface area contributed by atoms with Crippen molar-refractivity contribution in [1.82, 2.24) is 20.6 Å². The van der Waals surface area contributed by atoms with E-state index >= 15 is 0 Å². The molecule has 4 N–H and O–H groups in total. The zero-order chi connectivity index (χ0) is 27.8. The molecular weight excluding hydrogens is 492 g/mol. The number of aliphatic hydroxyl groups excluding tert-OH is 1. The molecule has 1 aliphatic carbocycles. The van der Waals surface area contributed by atoms with Gasteiger partial charge in [0.2, 0.25) is 5.91 Å². The lowest BCUT2D eigenvalue weighted by atomic mass is 9.88. The Balaban J connectivity index is 1.53. The molecule has 0 spiro atoms. The van der Waals surface area contributed by atoms with Crippen LogP contribution in [-0.2, 0) is 22.4 Å². The summed E-state index contributed by atoms with van der Waals surface area (Å²) in [6, 6.07) is 18.6. The molecule has 1 unspecified atom stereocenters. The van der Waals surface area contributed by atoms with E-state index in [1.54, 1.807) is 33.2 Å². The number of nitrogens with zero attached hydrogens (tertiary/aromatic N) is 1. The fourth-order valence-electron chi connectivity index (χ4n) is 4.81. The third kappa shape index (κ3) is 8.96. The van der Waals surface area contributed by atoms with Gasteiger partial charge in [0.25, 0.3) is 0 Å². The zero-order valence-electron chi connectivity index (χ0n) is 23.0. The number of aromatic amines is 1. The van der Waals surface area contributed by atoms with Crippen molar-refractivity contribution < 1.29 is 19.4 Å². The number of carbonyl (C=O) groups excluding carboxylic acids is 2. The average molecular weight is 533 g/mol. The highest BCUT2D eigenvalue weighted by atomic mass is 16.6. The summed E-state index contributed by atoms with van der Waals surface area (Å²) in [4.78, 5) is 34.0. The summed E-state index contributed by atoms with van der Waals surface area (Å²) in [6.45, 7) is 5.39. The van der Waals surface area contributed by atoms with E-state index in [1.165, 1.54) is 0 Å². The lowest BCUT2D eigenvalue weighted by Gasteiger charge is -2.29. The van der Waals surface area contributed by atoms with Gasteiger partial charge in [-0.3, -0.25) is 4.79 Å². The minimum atomic E-state index is -0.986. The number of nitrogens with one attached hydrogen (secondary N) is 3. The first-order valence-corrected chi connectivity index (χ1v) is 13.7. The Morgan fingerprint density at radius 2 is 1.62 bits per heavy atom. The van der Waals surface area contributed by atoms with E-state index in [-0.39, 0.29) is 18.4 Å². The van der Waals surface area contributed by atoms with E-state index in [2.05, 4.69) is 20.6 Å². The molecular formula is C31H40N4O4. The van der Waals surface area contributed by atoms with E-state index in [0.717, 1.165) is 29.8 Å². The van der Waals surface area contributed by atoms with Crippen LogP contribution in [0.1, 0.15) is 63.0 Å². The summed E-state index contributed by atoms with van der Waals surface area (Å²) in [6.07, 6.45) is 4.98. The first-order valence-electron chi connectivity index (χ1n) is 13.7. The number of imidazole rings is 1. The molecule has 8 heteroatoms. The summed E-state index contributed by atoms with van der Waals surface area (Å²) in [5.41, 5.74) is 1.30. The number of rotatable bonds is 12. The topological polar surface area (TPSA) is 116 Å². The fraction of sp³-hybridized carbons (Fsp3) is 0.452. The lowest BCUT2D eigenvalue weighted by Crippen LogP contribution is -2.48. The van der Waals surface area contributed by atoms with Gasteiger partial charge < -0.3 is 25.5 Å². The molecule has 8 nitrogen and oxygen atoms in total. The van der Waals surface area contributed by atoms with Crippen LogP contribution in [-0.4, -0.2) is 44.8 Å². The summed E-state index contributed by atoms with van der Waals surface area (Å²) in [7, 11) is 0. The Morgan fingerprint density at radius 3 is 2.15 bits per heavy atom. The summed E-state index contributed by atoms with van der Waals surface area (Å²) >= 11 is 0. The van der Waals surface area contributed by atoms with Crippen LogP contribution in [0.3, 0.4) is 0 Å². The molecule has 1 aliphatic rings. The Labute approximate surface area is 230 Å². The van der Waals surface area contributed by atoms with E-state index in [0.29, 0.717) is 18.8 Å². The second-order valence-electron chi connectivity index (χ2n) is 11.4. The summed E-state index contributed by atoms with van der Waals surface area (Å²) in [5.74, 6) is 0.444. The van der Waals surface area contributed by atoms with E-state index in [1.807, 2.05) is 60.7 Å². The minimum absolute atomic E-state index is 0.137. The first-order chi connectivity index (χ1) is 18.7. The molecule has 3 aromatic rings. The predicted octanol–water partition coefficient (Wildman–Crippen LogP) is 4.72. The van der Waals surface area contributed by atoms with E-state index in [4.69, 9.17) is 4.74 Å². The maximum absolute atomic E-state index is 13.7. The van der Waals surface area contributed by atoms with Gasteiger partial charge in [-0.05, 0) is 69.9 Å². The van der Waals surface area contributed by atoms with Gasteiger partial charge in [-0.25, -0.2) is 9.78 Å². The zero-order valence-corrected chi connectivity index (χ0v) is 23.0. The Hall–Kier alpha value is -3.65. The fourth-order valence-corrected chi connectivity index (χ4v) is 4.81. The maximum atomic E-state index is 13.7. The van der Waals surface area contributed by atoms with Crippen molar-refractivity contribution in [2.24, 2.45) is 11.8 Å².